The maximum atomic E-state index is 12.8. The lowest BCUT2D eigenvalue weighted by Gasteiger charge is -2.20. The summed E-state index contributed by atoms with van der Waals surface area (Å²) in [5, 5.41) is 7.68. The number of aryl methyl sites for hydroxylation is 2. The van der Waals surface area contributed by atoms with Crippen molar-refractivity contribution in [1.29, 1.82) is 0 Å². The highest BCUT2D eigenvalue weighted by atomic mass is 32.1. The van der Waals surface area contributed by atoms with Crippen LogP contribution in [-0.4, -0.2) is 33.9 Å². The molecule has 136 valence electrons. The molecule has 0 saturated carbocycles. The Morgan fingerprint density at radius 3 is 2.42 bits per heavy atom. The van der Waals surface area contributed by atoms with Crippen molar-refractivity contribution >= 4 is 40.7 Å². The van der Waals surface area contributed by atoms with E-state index in [1.165, 1.54) is 10.6 Å². The zero-order valence-electron chi connectivity index (χ0n) is 15.5. The molecule has 1 amide bonds. The van der Waals surface area contributed by atoms with E-state index < -0.39 is 0 Å². The summed E-state index contributed by atoms with van der Waals surface area (Å²) >= 11 is 5.36. The number of hydrogen-bond donors (Lipinski definition) is 1. The van der Waals surface area contributed by atoms with Gasteiger partial charge in [-0.1, -0.05) is 12.1 Å². The van der Waals surface area contributed by atoms with Gasteiger partial charge < -0.3 is 10.2 Å². The number of hydrogen-bond acceptors (Lipinski definition) is 4. The van der Waals surface area contributed by atoms with E-state index in [0.717, 1.165) is 24.3 Å². The third kappa shape index (κ3) is 3.35. The van der Waals surface area contributed by atoms with Gasteiger partial charge in [-0.2, -0.15) is 5.10 Å². The molecular weight excluding hydrogens is 346 g/mol. The Kier molecular flexibility index (Phi) is 5.08. The number of thiocarbonyl (C=S) groups is 1. The van der Waals surface area contributed by atoms with Crippen LogP contribution in [0, 0.1) is 6.92 Å². The Morgan fingerprint density at radius 1 is 1.23 bits per heavy atom. The third-order valence-electron chi connectivity index (χ3n) is 4.44. The monoisotopic (exact) mass is 369 g/mol. The summed E-state index contributed by atoms with van der Waals surface area (Å²) in [7, 11) is 1.82. The van der Waals surface area contributed by atoms with Gasteiger partial charge in [0.25, 0.3) is 5.91 Å². The quantitative estimate of drug-likeness (QED) is 0.649. The topological polar surface area (TPSA) is 53.4 Å². The van der Waals surface area contributed by atoms with Gasteiger partial charge in [0.2, 0.25) is 0 Å². The zero-order valence-corrected chi connectivity index (χ0v) is 16.3. The first-order valence-corrected chi connectivity index (χ1v) is 9.07. The standard InChI is InChI=1S/C19H23N5OS/c1-5-23(6-2)15-9-7-14(8-10-15)11-16-18(25)24(19(26)20-16)17-12-22(4)21-13(17)3/h7-12H,5-6H2,1-4H3,(H,20,26)/b16-11+. The minimum absolute atomic E-state index is 0.168. The van der Waals surface area contributed by atoms with Crippen molar-refractivity contribution in [3.05, 3.63) is 47.4 Å². The van der Waals surface area contributed by atoms with Crippen LogP contribution in [-0.2, 0) is 11.8 Å². The van der Waals surface area contributed by atoms with Crippen molar-refractivity contribution in [1.82, 2.24) is 15.1 Å². The van der Waals surface area contributed by atoms with Crippen molar-refractivity contribution in [3.8, 4) is 0 Å². The molecule has 0 unspecified atom stereocenters. The number of carbonyl (C=O) groups is 1. The van der Waals surface area contributed by atoms with E-state index in [1.807, 2.05) is 32.2 Å². The van der Waals surface area contributed by atoms with Crippen LogP contribution in [0.1, 0.15) is 25.1 Å². The number of nitrogens with zero attached hydrogens (tertiary/aromatic N) is 4. The summed E-state index contributed by atoms with van der Waals surface area (Å²) in [5.41, 5.74) is 4.05. The molecule has 7 heteroatoms. The van der Waals surface area contributed by atoms with Crippen molar-refractivity contribution in [2.24, 2.45) is 7.05 Å². The van der Waals surface area contributed by atoms with Crippen molar-refractivity contribution in [3.63, 3.8) is 0 Å². The first-order valence-electron chi connectivity index (χ1n) is 8.67. The van der Waals surface area contributed by atoms with Crippen LogP contribution in [0.3, 0.4) is 0 Å². The van der Waals surface area contributed by atoms with Crippen LogP contribution in [0.15, 0.2) is 36.2 Å². The number of benzene rings is 1. The van der Waals surface area contributed by atoms with Gasteiger partial charge in [0.15, 0.2) is 5.11 Å². The molecule has 1 aliphatic heterocycles. The lowest BCUT2D eigenvalue weighted by molar-refractivity contribution is -0.113. The van der Waals surface area contributed by atoms with Crippen LogP contribution in [0.25, 0.3) is 6.08 Å². The van der Waals surface area contributed by atoms with Crippen molar-refractivity contribution in [2.75, 3.05) is 22.9 Å². The Labute approximate surface area is 159 Å². The molecule has 0 atom stereocenters. The average Bonchev–Trinajstić information content (AvgIpc) is 3.08. The van der Waals surface area contributed by atoms with Gasteiger partial charge in [-0.3, -0.25) is 9.48 Å². The van der Waals surface area contributed by atoms with Gasteiger partial charge in [0, 0.05) is 32.0 Å². The number of amides is 1. The highest BCUT2D eigenvalue weighted by Crippen LogP contribution is 2.25. The fourth-order valence-electron chi connectivity index (χ4n) is 3.10. The summed E-state index contributed by atoms with van der Waals surface area (Å²) in [5.74, 6) is -0.168. The van der Waals surface area contributed by atoms with E-state index in [-0.39, 0.29) is 5.91 Å². The Morgan fingerprint density at radius 2 is 1.88 bits per heavy atom. The van der Waals surface area contributed by atoms with E-state index in [1.54, 1.807) is 10.9 Å². The Balaban J connectivity index is 1.85. The van der Waals surface area contributed by atoms with E-state index in [4.69, 9.17) is 12.2 Å². The van der Waals surface area contributed by atoms with Crippen molar-refractivity contribution < 1.29 is 4.79 Å². The third-order valence-corrected chi connectivity index (χ3v) is 4.72. The molecule has 3 rings (SSSR count). The van der Waals surface area contributed by atoms with Gasteiger partial charge in [-0.15, -0.1) is 0 Å². The largest absolute Gasteiger partial charge is 0.372 e. The van der Waals surface area contributed by atoms with E-state index in [2.05, 4.69) is 41.3 Å². The molecule has 1 N–H and O–H groups in total. The molecule has 26 heavy (non-hydrogen) atoms. The lowest BCUT2D eigenvalue weighted by atomic mass is 10.1. The minimum atomic E-state index is -0.168. The highest BCUT2D eigenvalue weighted by Gasteiger charge is 2.33. The Bertz CT molecular complexity index is 865. The molecule has 2 aromatic rings. The number of aromatic nitrogens is 2. The molecule has 0 radical (unpaired) electrons. The fourth-order valence-corrected chi connectivity index (χ4v) is 3.39. The molecule has 2 heterocycles. The van der Waals surface area contributed by atoms with Gasteiger partial charge in [0.1, 0.15) is 5.70 Å². The highest BCUT2D eigenvalue weighted by molar-refractivity contribution is 7.80. The fraction of sp³-hybridized carbons (Fsp3) is 0.316. The molecular formula is C19H23N5OS. The Hall–Kier alpha value is -2.67. The van der Waals surface area contributed by atoms with E-state index >= 15 is 0 Å². The molecule has 0 spiro atoms. The summed E-state index contributed by atoms with van der Waals surface area (Å²) in [6.45, 7) is 8.06. The van der Waals surface area contributed by atoms with Crippen LogP contribution in [0.5, 0.6) is 0 Å². The minimum Gasteiger partial charge on any atom is -0.372 e. The maximum Gasteiger partial charge on any atom is 0.281 e. The van der Waals surface area contributed by atoms with Crippen LogP contribution in [0.4, 0.5) is 11.4 Å². The molecule has 6 nitrogen and oxygen atoms in total. The van der Waals surface area contributed by atoms with Crippen LogP contribution >= 0.6 is 12.2 Å². The van der Waals surface area contributed by atoms with Gasteiger partial charge >= 0.3 is 0 Å². The van der Waals surface area contributed by atoms with Crippen LogP contribution in [0.2, 0.25) is 0 Å². The first kappa shape index (κ1) is 18.1. The summed E-state index contributed by atoms with van der Waals surface area (Å²) < 4.78 is 1.67. The predicted molar refractivity (Wildman–Crippen MR) is 109 cm³/mol. The molecule has 1 fully saturated rings. The van der Waals surface area contributed by atoms with E-state index in [9.17, 15) is 4.79 Å². The zero-order chi connectivity index (χ0) is 18.8. The van der Waals surface area contributed by atoms with E-state index in [0.29, 0.717) is 16.5 Å². The molecule has 1 saturated heterocycles. The lowest BCUT2D eigenvalue weighted by Crippen LogP contribution is -2.30. The average molecular weight is 369 g/mol. The summed E-state index contributed by atoms with van der Waals surface area (Å²) in [6, 6.07) is 8.16. The number of anilines is 2. The first-order chi connectivity index (χ1) is 12.4. The van der Waals surface area contributed by atoms with Gasteiger partial charge in [-0.05, 0) is 56.8 Å². The molecule has 1 aromatic heterocycles. The predicted octanol–water partition coefficient (Wildman–Crippen LogP) is 2.84. The van der Waals surface area contributed by atoms with Gasteiger partial charge in [0.05, 0.1) is 11.4 Å². The summed E-state index contributed by atoms with van der Waals surface area (Å²) in [6.07, 6.45) is 3.62. The molecule has 0 bridgehead atoms. The maximum absolute atomic E-state index is 12.8. The smallest absolute Gasteiger partial charge is 0.281 e. The molecule has 1 aromatic carbocycles. The van der Waals surface area contributed by atoms with Crippen LogP contribution < -0.4 is 15.1 Å². The number of rotatable bonds is 5. The van der Waals surface area contributed by atoms with Crippen molar-refractivity contribution in [2.45, 2.75) is 20.8 Å². The number of nitrogens with one attached hydrogen (secondary N) is 1. The molecule has 1 aliphatic rings. The normalized spacial score (nSPS) is 15.7. The SMILES string of the molecule is CCN(CC)c1ccc(/C=C2/NC(=S)N(c3cn(C)nc3C)C2=O)cc1. The summed E-state index contributed by atoms with van der Waals surface area (Å²) in [4.78, 5) is 16.6. The van der Waals surface area contributed by atoms with Gasteiger partial charge in [-0.25, -0.2) is 4.90 Å². The number of carbonyl (C=O) groups excluding carboxylic acids is 1. The second-order valence-corrected chi connectivity index (χ2v) is 6.55. The molecule has 0 aliphatic carbocycles. The second kappa shape index (κ2) is 7.29. The second-order valence-electron chi connectivity index (χ2n) is 6.17.